The van der Waals surface area contributed by atoms with E-state index < -0.39 is 11.6 Å². The van der Waals surface area contributed by atoms with Gasteiger partial charge in [-0.05, 0) is 50.1 Å². The number of carbonyl (C=O) groups is 2. The number of nitrogens with one attached hydrogen (secondary N) is 1. The van der Waals surface area contributed by atoms with Gasteiger partial charge in [-0.1, -0.05) is 78.9 Å². The van der Waals surface area contributed by atoms with Crippen LogP contribution in [0.4, 0.5) is 5.69 Å². The molecule has 3 aromatic carbocycles. The van der Waals surface area contributed by atoms with Gasteiger partial charge in [0.25, 0.3) is 5.91 Å². The second kappa shape index (κ2) is 9.90. The van der Waals surface area contributed by atoms with Crippen LogP contribution in [0.25, 0.3) is 6.08 Å². The van der Waals surface area contributed by atoms with Gasteiger partial charge in [0.2, 0.25) is 5.91 Å². The Bertz CT molecular complexity index is 1020. The van der Waals surface area contributed by atoms with Crippen LogP contribution in [-0.2, 0) is 9.59 Å². The molecule has 0 aliphatic carbocycles. The molecule has 0 saturated heterocycles. The zero-order valence-corrected chi connectivity index (χ0v) is 18.2. The number of para-hydroxylation sites is 1. The average molecular weight is 413 g/mol. The molecule has 2 amide bonds. The summed E-state index contributed by atoms with van der Waals surface area (Å²) in [6.07, 6.45) is 3.28. The Hall–Kier alpha value is -3.66. The van der Waals surface area contributed by atoms with E-state index in [1.54, 1.807) is 11.0 Å². The van der Waals surface area contributed by atoms with Crippen molar-refractivity contribution < 1.29 is 9.59 Å². The second-order valence-electron chi connectivity index (χ2n) is 8.34. The number of hydrogen-bond donors (Lipinski definition) is 1. The summed E-state index contributed by atoms with van der Waals surface area (Å²) in [4.78, 5) is 28.4. The van der Waals surface area contributed by atoms with Crippen molar-refractivity contribution in [3.05, 3.63) is 108 Å². The number of hydrogen-bond acceptors (Lipinski definition) is 2. The third-order valence-corrected chi connectivity index (χ3v) is 4.61. The Morgan fingerprint density at radius 3 is 1.87 bits per heavy atom. The minimum atomic E-state index is -0.809. The quantitative estimate of drug-likeness (QED) is 0.552. The molecule has 3 rings (SSSR count). The first-order chi connectivity index (χ1) is 14.8. The lowest BCUT2D eigenvalue weighted by Gasteiger charge is -2.33. The average Bonchev–Trinajstić information content (AvgIpc) is 2.76. The largest absolute Gasteiger partial charge is 0.349 e. The van der Waals surface area contributed by atoms with E-state index in [4.69, 9.17) is 0 Å². The molecule has 1 N–H and O–H groups in total. The Balaban J connectivity index is 2.06. The molecule has 158 valence electrons. The summed E-state index contributed by atoms with van der Waals surface area (Å²) < 4.78 is 0. The van der Waals surface area contributed by atoms with Crippen LogP contribution < -0.4 is 10.2 Å². The fourth-order valence-corrected chi connectivity index (χ4v) is 3.30. The van der Waals surface area contributed by atoms with Crippen LogP contribution in [0.15, 0.2) is 97.1 Å². The highest BCUT2D eigenvalue weighted by atomic mass is 16.2. The van der Waals surface area contributed by atoms with Crippen LogP contribution in [-0.4, -0.2) is 17.4 Å². The lowest BCUT2D eigenvalue weighted by molar-refractivity contribution is -0.126. The maximum Gasteiger partial charge on any atom is 0.252 e. The summed E-state index contributed by atoms with van der Waals surface area (Å²) in [5, 5.41) is 3.04. The summed E-state index contributed by atoms with van der Waals surface area (Å²) in [6.45, 7) is 5.78. The van der Waals surface area contributed by atoms with Gasteiger partial charge in [-0.15, -0.1) is 0 Å². The molecular weight excluding hydrogens is 384 g/mol. The number of anilines is 1. The molecule has 0 aliphatic heterocycles. The second-order valence-corrected chi connectivity index (χ2v) is 8.34. The highest BCUT2D eigenvalue weighted by molar-refractivity contribution is 6.08. The van der Waals surface area contributed by atoms with Gasteiger partial charge in [0.15, 0.2) is 0 Å². The summed E-state index contributed by atoms with van der Waals surface area (Å²) in [5.41, 5.74) is 1.88. The van der Waals surface area contributed by atoms with Crippen molar-refractivity contribution in [3.8, 4) is 0 Å². The molecule has 0 aromatic heterocycles. The van der Waals surface area contributed by atoms with Crippen LogP contribution in [0.2, 0.25) is 0 Å². The van der Waals surface area contributed by atoms with Crippen LogP contribution >= 0.6 is 0 Å². The fourth-order valence-electron chi connectivity index (χ4n) is 3.30. The normalized spacial score (nSPS) is 12.4. The van der Waals surface area contributed by atoms with Crippen molar-refractivity contribution in [2.24, 2.45) is 0 Å². The summed E-state index contributed by atoms with van der Waals surface area (Å²) in [7, 11) is 0. The molecule has 0 spiro atoms. The predicted octanol–water partition coefficient (Wildman–Crippen LogP) is 5.39. The fraction of sp³-hybridized carbons (Fsp3) is 0.185. The van der Waals surface area contributed by atoms with Gasteiger partial charge in [0.05, 0.1) is 0 Å². The molecule has 0 fully saturated rings. The van der Waals surface area contributed by atoms with Crippen LogP contribution in [0.5, 0.6) is 0 Å². The number of benzene rings is 3. The lowest BCUT2D eigenvalue weighted by Crippen LogP contribution is -2.49. The molecular formula is C27H28N2O2. The Morgan fingerprint density at radius 2 is 1.32 bits per heavy atom. The molecule has 0 radical (unpaired) electrons. The first-order valence-electron chi connectivity index (χ1n) is 10.3. The highest BCUT2D eigenvalue weighted by Gasteiger charge is 2.33. The Morgan fingerprint density at radius 1 is 0.806 bits per heavy atom. The van der Waals surface area contributed by atoms with Gasteiger partial charge >= 0.3 is 0 Å². The zero-order chi connectivity index (χ0) is 22.3. The van der Waals surface area contributed by atoms with Crippen molar-refractivity contribution in [2.75, 3.05) is 4.90 Å². The molecule has 3 aromatic rings. The van der Waals surface area contributed by atoms with E-state index >= 15 is 0 Å². The molecule has 4 nitrogen and oxygen atoms in total. The predicted molar refractivity (Wildman–Crippen MR) is 126 cm³/mol. The number of nitrogens with zero attached hydrogens (tertiary/aromatic N) is 1. The summed E-state index contributed by atoms with van der Waals surface area (Å²) in [6, 6.07) is 27.5. The van der Waals surface area contributed by atoms with Gasteiger partial charge in [0, 0.05) is 17.3 Å². The topological polar surface area (TPSA) is 49.4 Å². The van der Waals surface area contributed by atoms with Crippen molar-refractivity contribution >= 4 is 23.6 Å². The smallest absolute Gasteiger partial charge is 0.252 e. The maximum atomic E-state index is 13.5. The zero-order valence-electron chi connectivity index (χ0n) is 18.2. The molecule has 0 aliphatic rings. The standard InChI is InChI=1S/C27H28N2O2/c1-27(2,3)28-26(31)25(22-15-9-5-10-16-22)29(23-17-11-6-12-18-23)24(30)20-19-21-13-7-4-8-14-21/h4-20,25H,1-3H3,(H,28,31)/b20-19+. The first-order valence-corrected chi connectivity index (χ1v) is 10.3. The monoisotopic (exact) mass is 412 g/mol. The highest BCUT2D eigenvalue weighted by Crippen LogP contribution is 2.29. The third-order valence-electron chi connectivity index (χ3n) is 4.61. The third kappa shape index (κ3) is 6.16. The minimum absolute atomic E-state index is 0.232. The number of carbonyl (C=O) groups excluding carboxylic acids is 2. The van der Waals surface area contributed by atoms with Gasteiger partial charge in [0.1, 0.15) is 6.04 Å². The van der Waals surface area contributed by atoms with Crippen molar-refractivity contribution in [2.45, 2.75) is 32.4 Å². The van der Waals surface area contributed by atoms with Gasteiger partial charge in [-0.2, -0.15) is 0 Å². The molecule has 4 heteroatoms. The molecule has 0 bridgehead atoms. The summed E-state index contributed by atoms with van der Waals surface area (Å²) >= 11 is 0. The van der Waals surface area contributed by atoms with E-state index in [0.29, 0.717) is 5.69 Å². The van der Waals surface area contributed by atoms with E-state index in [0.717, 1.165) is 11.1 Å². The van der Waals surface area contributed by atoms with Gasteiger partial charge in [-0.3, -0.25) is 14.5 Å². The molecule has 0 heterocycles. The van der Waals surface area contributed by atoms with Crippen LogP contribution in [0.3, 0.4) is 0 Å². The van der Waals surface area contributed by atoms with E-state index in [-0.39, 0.29) is 11.8 Å². The van der Waals surface area contributed by atoms with Crippen LogP contribution in [0.1, 0.15) is 37.9 Å². The lowest BCUT2D eigenvalue weighted by atomic mass is 10.0. The van der Waals surface area contributed by atoms with Crippen molar-refractivity contribution in [1.29, 1.82) is 0 Å². The van der Waals surface area contributed by atoms with E-state index in [2.05, 4.69) is 5.32 Å². The molecule has 1 atom stereocenters. The van der Waals surface area contributed by atoms with Gasteiger partial charge < -0.3 is 5.32 Å². The number of amides is 2. The molecule has 1 unspecified atom stereocenters. The van der Waals surface area contributed by atoms with Gasteiger partial charge in [-0.25, -0.2) is 0 Å². The van der Waals surface area contributed by atoms with Crippen molar-refractivity contribution in [1.82, 2.24) is 5.32 Å². The molecule has 31 heavy (non-hydrogen) atoms. The number of rotatable bonds is 6. The SMILES string of the molecule is CC(C)(C)NC(=O)C(c1ccccc1)N(C(=O)/C=C/c1ccccc1)c1ccccc1. The minimum Gasteiger partial charge on any atom is -0.349 e. The van der Waals surface area contributed by atoms with Crippen LogP contribution in [0, 0.1) is 0 Å². The maximum absolute atomic E-state index is 13.5. The van der Waals surface area contributed by atoms with E-state index in [1.807, 2.05) is 112 Å². The van der Waals surface area contributed by atoms with E-state index in [9.17, 15) is 9.59 Å². The Labute approximate surface area is 184 Å². The van der Waals surface area contributed by atoms with E-state index in [1.165, 1.54) is 6.08 Å². The van der Waals surface area contributed by atoms with Crippen molar-refractivity contribution in [3.63, 3.8) is 0 Å². The molecule has 0 saturated carbocycles. The Kier molecular flexibility index (Phi) is 7.03. The summed E-state index contributed by atoms with van der Waals surface area (Å²) in [5.74, 6) is -0.503. The first kappa shape index (κ1) is 22.0.